The van der Waals surface area contributed by atoms with E-state index in [9.17, 15) is 23.3 Å². The lowest BCUT2D eigenvalue weighted by Gasteiger charge is -2.18. The molecular formula is C15H14N2O6S2. The number of nitrogens with one attached hydrogen (secondary N) is 1. The van der Waals surface area contributed by atoms with Crippen molar-refractivity contribution in [3.8, 4) is 0 Å². The van der Waals surface area contributed by atoms with Gasteiger partial charge in [0.15, 0.2) is 0 Å². The van der Waals surface area contributed by atoms with Gasteiger partial charge in [0, 0.05) is 17.0 Å². The van der Waals surface area contributed by atoms with E-state index in [1.165, 1.54) is 18.4 Å². The Hall–Kier alpha value is -2.56. The molecule has 0 spiro atoms. The van der Waals surface area contributed by atoms with Crippen LogP contribution in [-0.4, -0.2) is 26.4 Å². The molecule has 0 aliphatic rings. The molecule has 0 fully saturated rings. The summed E-state index contributed by atoms with van der Waals surface area (Å²) in [6, 6.07) is 6.76. The molecule has 0 amide bonds. The highest BCUT2D eigenvalue weighted by molar-refractivity contribution is 7.89. The Labute approximate surface area is 148 Å². The minimum atomic E-state index is -4.05. The molecule has 0 saturated heterocycles. The standard InChI is InChI=1S/C15H14N2O6S2/c1-10(15(18)23-2)14(13-4-3-9-24-13)16-25(21,22)12-7-5-11(6-8-12)17(19)20/h3-9,14,16H,1H2,2H3/t14-/m1/s1. The van der Waals surface area contributed by atoms with Gasteiger partial charge in [0.1, 0.15) is 0 Å². The van der Waals surface area contributed by atoms with Crippen LogP contribution in [0.1, 0.15) is 10.9 Å². The Kier molecular flexibility index (Phi) is 5.67. The summed E-state index contributed by atoms with van der Waals surface area (Å²) in [6.45, 7) is 3.61. The molecule has 0 radical (unpaired) electrons. The number of ether oxygens (including phenoxy) is 1. The molecule has 1 N–H and O–H groups in total. The van der Waals surface area contributed by atoms with Crippen LogP contribution in [0.25, 0.3) is 0 Å². The highest BCUT2D eigenvalue weighted by atomic mass is 32.2. The summed E-state index contributed by atoms with van der Waals surface area (Å²) in [6.07, 6.45) is 0. The first-order valence-corrected chi connectivity index (χ1v) is 9.20. The van der Waals surface area contributed by atoms with Crippen LogP contribution in [0.4, 0.5) is 5.69 Å². The SMILES string of the molecule is C=C(C(=O)OC)[C@@H](NS(=O)(=O)c1ccc([N+](=O)[O-])cc1)c1cccs1. The minimum Gasteiger partial charge on any atom is -0.466 e. The molecule has 0 saturated carbocycles. The zero-order chi connectivity index (χ0) is 18.6. The molecule has 132 valence electrons. The molecule has 25 heavy (non-hydrogen) atoms. The van der Waals surface area contributed by atoms with Crippen molar-refractivity contribution >= 4 is 33.0 Å². The number of sulfonamides is 1. The number of hydrogen-bond donors (Lipinski definition) is 1. The van der Waals surface area contributed by atoms with Crippen molar-refractivity contribution < 1.29 is 22.9 Å². The molecule has 8 nitrogen and oxygen atoms in total. The zero-order valence-corrected chi connectivity index (χ0v) is 14.7. The molecule has 0 bridgehead atoms. The van der Waals surface area contributed by atoms with Crippen LogP contribution in [0, 0.1) is 10.1 Å². The molecule has 1 heterocycles. The Morgan fingerprint density at radius 3 is 2.44 bits per heavy atom. The number of nitro benzene ring substituents is 1. The lowest BCUT2D eigenvalue weighted by Crippen LogP contribution is -2.31. The zero-order valence-electron chi connectivity index (χ0n) is 13.0. The summed E-state index contributed by atoms with van der Waals surface area (Å²) in [4.78, 5) is 22.2. The lowest BCUT2D eigenvalue weighted by atomic mass is 10.1. The third kappa shape index (κ3) is 4.29. The average molecular weight is 382 g/mol. The van der Waals surface area contributed by atoms with Gasteiger partial charge in [-0.2, -0.15) is 4.72 Å². The Balaban J connectivity index is 2.35. The first kappa shape index (κ1) is 18.8. The number of nitrogens with zero attached hydrogens (tertiary/aromatic N) is 1. The van der Waals surface area contributed by atoms with E-state index in [1.807, 2.05) is 0 Å². The molecule has 2 rings (SSSR count). The Morgan fingerprint density at radius 2 is 1.96 bits per heavy atom. The maximum Gasteiger partial charge on any atom is 0.335 e. The summed E-state index contributed by atoms with van der Waals surface area (Å²) in [5.74, 6) is -0.746. The number of benzene rings is 1. The topological polar surface area (TPSA) is 116 Å². The number of carbonyl (C=O) groups is 1. The van der Waals surface area contributed by atoms with E-state index in [1.54, 1.807) is 17.5 Å². The van der Waals surface area contributed by atoms with Gasteiger partial charge < -0.3 is 4.74 Å². The second-order valence-corrected chi connectivity index (χ2v) is 7.53. The summed E-state index contributed by atoms with van der Waals surface area (Å²) < 4.78 is 32.1. The van der Waals surface area contributed by atoms with E-state index in [4.69, 9.17) is 0 Å². The quantitative estimate of drug-likeness (QED) is 0.340. The van der Waals surface area contributed by atoms with Crippen molar-refractivity contribution in [2.75, 3.05) is 7.11 Å². The molecule has 0 unspecified atom stereocenters. The van der Waals surface area contributed by atoms with Crippen molar-refractivity contribution in [1.29, 1.82) is 0 Å². The third-order valence-electron chi connectivity index (χ3n) is 3.25. The summed E-state index contributed by atoms with van der Waals surface area (Å²) in [5.41, 5.74) is -0.303. The number of carbonyl (C=O) groups excluding carboxylic acids is 1. The van der Waals surface area contributed by atoms with Gasteiger partial charge in [-0.3, -0.25) is 10.1 Å². The summed E-state index contributed by atoms with van der Waals surface area (Å²) >= 11 is 1.24. The van der Waals surface area contributed by atoms with Gasteiger partial charge in [0.2, 0.25) is 10.0 Å². The predicted molar refractivity (Wildman–Crippen MR) is 91.6 cm³/mol. The van der Waals surface area contributed by atoms with Crippen LogP contribution in [0.3, 0.4) is 0 Å². The van der Waals surface area contributed by atoms with Crippen LogP contribution in [0.5, 0.6) is 0 Å². The fourth-order valence-corrected chi connectivity index (χ4v) is 4.07. The normalized spacial score (nSPS) is 12.4. The van der Waals surface area contributed by atoms with Gasteiger partial charge in [-0.1, -0.05) is 12.6 Å². The van der Waals surface area contributed by atoms with E-state index in [0.29, 0.717) is 4.88 Å². The summed E-state index contributed by atoms with van der Waals surface area (Å²) in [7, 11) is -2.88. The van der Waals surface area contributed by atoms with Gasteiger partial charge >= 0.3 is 5.97 Å². The van der Waals surface area contributed by atoms with Crippen molar-refractivity contribution in [3.05, 3.63) is 68.9 Å². The van der Waals surface area contributed by atoms with Gasteiger partial charge in [-0.15, -0.1) is 11.3 Å². The average Bonchev–Trinajstić information content (AvgIpc) is 3.12. The third-order valence-corrected chi connectivity index (χ3v) is 5.63. The predicted octanol–water partition coefficient (Wildman–Crippen LogP) is 2.41. The molecule has 2 aromatic rings. The lowest BCUT2D eigenvalue weighted by molar-refractivity contribution is -0.384. The molecule has 0 aliphatic heterocycles. The van der Waals surface area contributed by atoms with Gasteiger partial charge in [-0.25, -0.2) is 13.2 Å². The monoisotopic (exact) mass is 382 g/mol. The fraction of sp³-hybridized carbons (Fsp3) is 0.133. The maximum atomic E-state index is 12.6. The van der Waals surface area contributed by atoms with Crippen molar-refractivity contribution in [2.45, 2.75) is 10.9 Å². The van der Waals surface area contributed by atoms with Crippen LogP contribution < -0.4 is 4.72 Å². The first-order chi connectivity index (χ1) is 11.8. The molecule has 10 heteroatoms. The van der Waals surface area contributed by atoms with Crippen molar-refractivity contribution in [1.82, 2.24) is 4.72 Å². The van der Waals surface area contributed by atoms with Crippen LogP contribution in [0.2, 0.25) is 0 Å². The van der Waals surface area contributed by atoms with Gasteiger partial charge in [0.05, 0.1) is 28.5 Å². The second-order valence-electron chi connectivity index (χ2n) is 4.84. The number of methoxy groups -OCH3 is 1. The minimum absolute atomic E-state index is 0.0737. The molecule has 1 atom stereocenters. The van der Waals surface area contributed by atoms with E-state index < -0.39 is 27.0 Å². The largest absolute Gasteiger partial charge is 0.466 e. The number of rotatable bonds is 7. The molecule has 1 aromatic carbocycles. The second kappa shape index (κ2) is 7.55. The van der Waals surface area contributed by atoms with E-state index in [-0.39, 0.29) is 16.2 Å². The van der Waals surface area contributed by atoms with E-state index >= 15 is 0 Å². The smallest absolute Gasteiger partial charge is 0.335 e. The van der Waals surface area contributed by atoms with Crippen molar-refractivity contribution in [3.63, 3.8) is 0 Å². The molecule has 0 aliphatic carbocycles. The number of non-ortho nitro benzene ring substituents is 1. The number of esters is 1. The number of hydrogen-bond acceptors (Lipinski definition) is 7. The highest BCUT2D eigenvalue weighted by Gasteiger charge is 2.28. The van der Waals surface area contributed by atoms with Gasteiger partial charge in [0.25, 0.3) is 5.69 Å². The summed E-state index contributed by atoms with van der Waals surface area (Å²) in [5, 5.41) is 12.4. The van der Waals surface area contributed by atoms with Crippen molar-refractivity contribution in [2.24, 2.45) is 0 Å². The molecule has 1 aromatic heterocycles. The van der Waals surface area contributed by atoms with Crippen LogP contribution in [0.15, 0.2) is 58.8 Å². The Bertz CT molecular complexity index is 889. The number of thiophene rings is 1. The number of nitro groups is 1. The van der Waals surface area contributed by atoms with Crippen LogP contribution >= 0.6 is 11.3 Å². The fourth-order valence-electron chi connectivity index (χ4n) is 1.98. The van der Waals surface area contributed by atoms with E-state index in [0.717, 1.165) is 24.3 Å². The van der Waals surface area contributed by atoms with E-state index in [2.05, 4.69) is 16.0 Å². The molecular weight excluding hydrogens is 368 g/mol. The first-order valence-electron chi connectivity index (χ1n) is 6.83. The maximum absolute atomic E-state index is 12.6. The Morgan fingerprint density at radius 1 is 1.32 bits per heavy atom. The van der Waals surface area contributed by atoms with Gasteiger partial charge in [-0.05, 0) is 23.6 Å². The highest BCUT2D eigenvalue weighted by Crippen LogP contribution is 2.28. The van der Waals surface area contributed by atoms with Crippen LogP contribution in [-0.2, 0) is 19.6 Å².